The molecule has 3 N–H and O–H groups in total. The van der Waals surface area contributed by atoms with Crippen LogP contribution in [-0.2, 0) is 4.79 Å². The number of halogens is 1. The zero-order valence-corrected chi connectivity index (χ0v) is 10.6. The third kappa shape index (κ3) is 2.37. The van der Waals surface area contributed by atoms with Gasteiger partial charge in [0, 0.05) is 12.0 Å². The summed E-state index contributed by atoms with van der Waals surface area (Å²) in [7, 11) is 0. The van der Waals surface area contributed by atoms with Crippen LogP contribution in [0.1, 0.15) is 18.0 Å². The summed E-state index contributed by atoms with van der Waals surface area (Å²) in [5, 5.41) is 8.94. The molecule has 2 rings (SSSR count). The number of hydrogen-bond donors (Lipinski definition) is 2. The molecule has 0 amide bonds. The fraction of sp³-hybridized carbons (Fsp3) is 0.364. The second kappa shape index (κ2) is 4.93. The molecule has 0 saturated heterocycles. The van der Waals surface area contributed by atoms with Crippen molar-refractivity contribution >= 4 is 21.9 Å². The lowest BCUT2D eigenvalue weighted by Gasteiger charge is -2.16. The quantitative estimate of drug-likeness (QED) is 0.869. The van der Waals surface area contributed by atoms with Crippen molar-refractivity contribution < 1.29 is 19.4 Å². The monoisotopic (exact) mass is 301 g/mol. The Morgan fingerprint density at radius 3 is 2.65 bits per heavy atom. The van der Waals surface area contributed by atoms with Crippen molar-refractivity contribution in [1.82, 2.24) is 0 Å². The van der Waals surface area contributed by atoms with Gasteiger partial charge in [-0.2, -0.15) is 0 Å². The number of rotatable bonds is 2. The zero-order chi connectivity index (χ0) is 12.4. The van der Waals surface area contributed by atoms with Crippen molar-refractivity contribution in [2.24, 2.45) is 5.73 Å². The minimum absolute atomic E-state index is 0.423. The Morgan fingerprint density at radius 2 is 2.00 bits per heavy atom. The third-order valence-corrected chi connectivity index (χ3v) is 3.10. The number of carboxylic acids is 1. The SMILES string of the molecule is NC(C(=O)O)c1ccc(Br)c2c1OCCCO2. The summed E-state index contributed by atoms with van der Waals surface area (Å²) in [6, 6.07) is 2.24. The standard InChI is InChI=1S/C11H12BrNO4/c12-7-3-2-6(8(13)11(14)15)9-10(7)17-5-1-4-16-9/h2-3,8H,1,4-5,13H2,(H,14,15). The molecule has 0 saturated carbocycles. The Kier molecular flexibility index (Phi) is 3.54. The molecule has 1 aliphatic rings. The van der Waals surface area contributed by atoms with Crippen molar-refractivity contribution in [3.8, 4) is 11.5 Å². The lowest BCUT2D eigenvalue weighted by Crippen LogP contribution is -2.21. The largest absolute Gasteiger partial charge is 0.489 e. The van der Waals surface area contributed by atoms with Gasteiger partial charge in [0.15, 0.2) is 11.5 Å². The highest BCUT2D eigenvalue weighted by Crippen LogP contribution is 2.41. The molecule has 1 heterocycles. The van der Waals surface area contributed by atoms with Crippen molar-refractivity contribution in [3.05, 3.63) is 22.2 Å². The normalized spacial score (nSPS) is 16.1. The van der Waals surface area contributed by atoms with E-state index in [0.29, 0.717) is 30.3 Å². The minimum atomic E-state index is -1.11. The number of hydrogen-bond acceptors (Lipinski definition) is 4. The van der Waals surface area contributed by atoms with Crippen LogP contribution in [0.2, 0.25) is 0 Å². The average molecular weight is 302 g/mol. The molecule has 5 nitrogen and oxygen atoms in total. The average Bonchev–Trinajstić information content (AvgIpc) is 2.54. The van der Waals surface area contributed by atoms with Gasteiger partial charge in [0.2, 0.25) is 0 Å². The van der Waals surface area contributed by atoms with Crippen LogP contribution in [-0.4, -0.2) is 24.3 Å². The van der Waals surface area contributed by atoms with E-state index in [9.17, 15) is 4.79 Å². The maximum absolute atomic E-state index is 10.9. The highest BCUT2D eigenvalue weighted by molar-refractivity contribution is 9.10. The number of carbonyl (C=O) groups is 1. The smallest absolute Gasteiger partial charge is 0.325 e. The predicted molar refractivity (Wildman–Crippen MR) is 64.3 cm³/mol. The second-order valence-electron chi connectivity index (χ2n) is 3.66. The van der Waals surface area contributed by atoms with Crippen LogP contribution < -0.4 is 15.2 Å². The molecule has 0 spiro atoms. The first-order chi connectivity index (χ1) is 8.11. The number of aliphatic carboxylic acids is 1. The summed E-state index contributed by atoms with van der Waals surface area (Å²) < 4.78 is 11.8. The summed E-state index contributed by atoms with van der Waals surface area (Å²) in [6.07, 6.45) is 0.753. The molecule has 0 bridgehead atoms. The summed E-state index contributed by atoms with van der Waals surface area (Å²) >= 11 is 3.34. The summed E-state index contributed by atoms with van der Waals surface area (Å²) in [5.74, 6) is -0.147. The zero-order valence-electron chi connectivity index (χ0n) is 8.98. The first-order valence-electron chi connectivity index (χ1n) is 5.17. The number of fused-ring (bicyclic) bond motifs is 1. The van der Waals surface area contributed by atoms with E-state index in [4.69, 9.17) is 20.3 Å². The molecule has 1 aliphatic heterocycles. The van der Waals surface area contributed by atoms with Crippen LogP contribution >= 0.6 is 15.9 Å². The van der Waals surface area contributed by atoms with E-state index >= 15 is 0 Å². The van der Waals surface area contributed by atoms with Crippen LogP contribution in [0.25, 0.3) is 0 Å². The van der Waals surface area contributed by atoms with Gasteiger partial charge in [-0.05, 0) is 22.0 Å². The van der Waals surface area contributed by atoms with Crippen molar-refractivity contribution in [1.29, 1.82) is 0 Å². The fourth-order valence-electron chi connectivity index (χ4n) is 1.62. The lowest BCUT2D eigenvalue weighted by molar-refractivity contribution is -0.138. The lowest BCUT2D eigenvalue weighted by atomic mass is 10.1. The Hall–Kier alpha value is -1.27. The van der Waals surface area contributed by atoms with E-state index in [1.165, 1.54) is 0 Å². The Morgan fingerprint density at radius 1 is 1.35 bits per heavy atom. The van der Waals surface area contributed by atoms with Crippen molar-refractivity contribution in [2.45, 2.75) is 12.5 Å². The van der Waals surface area contributed by atoms with Gasteiger partial charge in [0.1, 0.15) is 6.04 Å². The van der Waals surface area contributed by atoms with Gasteiger partial charge in [0.05, 0.1) is 17.7 Å². The van der Waals surface area contributed by atoms with Crippen molar-refractivity contribution in [3.63, 3.8) is 0 Å². The third-order valence-electron chi connectivity index (χ3n) is 2.48. The summed E-state index contributed by atoms with van der Waals surface area (Å²) in [6.45, 7) is 1.03. The van der Waals surface area contributed by atoms with E-state index in [-0.39, 0.29) is 0 Å². The van der Waals surface area contributed by atoms with Gasteiger partial charge in [-0.15, -0.1) is 0 Å². The van der Waals surface area contributed by atoms with E-state index in [1.54, 1.807) is 12.1 Å². The molecule has 1 aromatic carbocycles. The van der Waals surface area contributed by atoms with Crippen LogP contribution in [0.4, 0.5) is 0 Å². The summed E-state index contributed by atoms with van der Waals surface area (Å²) in [4.78, 5) is 10.9. The van der Waals surface area contributed by atoms with E-state index in [1.807, 2.05) is 0 Å². The van der Waals surface area contributed by atoms with Crippen molar-refractivity contribution in [2.75, 3.05) is 13.2 Å². The van der Waals surface area contributed by atoms with Gasteiger partial charge in [0.25, 0.3) is 0 Å². The Bertz CT molecular complexity index is 449. The van der Waals surface area contributed by atoms with Gasteiger partial charge in [-0.3, -0.25) is 4.79 Å². The number of carboxylic acid groups (broad SMARTS) is 1. The predicted octanol–water partition coefficient (Wildman–Crippen LogP) is 1.69. The maximum Gasteiger partial charge on any atom is 0.325 e. The molecule has 1 unspecified atom stereocenters. The Labute approximate surface area is 107 Å². The number of nitrogens with two attached hydrogens (primary N) is 1. The van der Waals surface area contributed by atoms with E-state index < -0.39 is 12.0 Å². The topological polar surface area (TPSA) is 81.8 Å². The molecule has 0 aromatic heterocycles. The minimum Gasteiger partial charge on any atom is -0.489 e. The molecule has 0 radical (unpaired) electrons. The molecular formula is C11H12BrNO4. The van der Waals surface area contributed by atoms with Gasteiger partial charge < -0.3 is 20.3 Å². The molecule has 1 aromatic rings. The Balaban J connectivity index is 2.50. The van der Waals surface area contributed by atoms with Crippen LogP contribution in [0, 0.1) is 0 Å². The second-order valence-corrected chi connectivity index (χ2v) is 4.52. The van der Waals surface area contributed by atoms with E-state index in [2.05, 4.69) is 15.9 Å². The first-order valence-corrected chi connectivity index (χ1v) is 5.97. The number of ether oxygens (including phenoxy) is 2. The fourth-order valence-corrected chi connectivity index (χ4v) is 2.05. The van der Waals surface area contributed by atoms with Gasteiger partial charge >= 0.3 is 5.97 Å². The van der Waals surface area contributed by atoms with E-state index in [0.717, 1.165) is 10.9 Å². The molecule has 0 aliphatic carbocycles. The van der Waals surface area contributed by atoms with Gasteiger partial charge in [-0.25, -0.2) is 0 Å². The van der Waals surface area contributed by atoms with Crippen LogP contribution in [0.5, 0.6) is 11.5 Å². The first kappa shape index (κ1) is 12.2. The van der Waals surface area contributed by atoms with Gasteiger partial charge in [-0.1, -0.05) is 6.07 Å². The molecule has 0 fully saturated rings. The molecule has 92 valence electrons. The maximum atomic E-state index is 10.9. The molecule has 17 heavy (non-hydrogen) atoms. The molecule has 1 atom stereocenters. The highest BCUT2D eigenvalue weighted by Gasteiger charge is 2.25. The molecular weight excluding hydrogens is 290 g/mol. The van der Waals surface area contributed by atoms with Crippen LogP contribution in [0.15, 0.2) is 16.6 Å². The highest BCUT2D eigenvalue weighted by atomic mass is 79.9. The number of benzene rings is 1. The van der Waals surface area contributed by atoms with Crippen LogP contribution in [0.3, 0.4) is 0 Å². The molecule has 6 heteroatoms. The summed E-state index contributed by atoms with van der Waals surface area (Å²) in [5.41, 5.74) is 6.04.